The molecule has 0 saturated heterocycles. The Bertz CT molecular complexity index is 1080. The fourth-order valence-electron chi connectivity index (χ4n) is 2.44. The normalized spacial score (nSPS) is 11.2. The van der Waals surface area contributed by atoms with E-state index in [0.29, 0.717) is 11.6 Å². The van der Waals surface area contributed by atoms with E-state index < -0.39 is 5.25 Å². The highest BCUT2D eigenvalue weighted by Gasteiger charge is 2.25. The van der Waals surface area contributed by atoms with E-state index in [1.165, 1.54) is 6.26 Å². The topological polar surface area (TPSA) is 142 Å². The molecule has 8 nitrogen and oxygen atoms in total. The highest BCUT2D eigenvalue weighted by Crippen LogP contribution is 2.37. The highest BCUT2D eigenvalue weighted by atomic mass is 32.2. The van der Waals surface area contributed by atoms with Crippen LogP contribution < -0.4 is 11.1 Å². The Morgan fingerprint density at radius 3 is 2.64 bits per heavy atom. The third kappa shape index (κ3) is 3.80. The number of carbonyl (C=O) groups is 1. The van der Waals surface area contributed by atoms with Crippen molar-refractivity contribution >= 4 is 29.3 Å². The first-order chi connectivity index (χ1) is 13.5. The van der Waals surface area contributed by atoms with Crippen LogP contribution in [-0.4, -0.2) is 21.1 Å². The Morgan fingerprint density at radius 2 is 2.04 bits per heavy atom. The molecular weight excluding hydrogens is 376 g/mol. The molecule has 3 heterocycles. The lowest BCUT2D eigenvalue weighted by Gasteiger charge is -2.14. The average Bonchev–Trinajstić information content (AvgIpc) is 3.22. The molecule has 1 atom stereocenters. The summed E-state index contributed by atoms with van der Waals surface area (Å²) in [5, 5.41) is 21.5. The lowest BCUT2D eigenvalue weighted by molar-refractivity contribution is -0.115. The molecule has 3 aromatic rings. The maximum absolute atomic E-state index is 12.5. The van der Waals surface area contributed by atoms with E-state index in [4.69, 9.17) is 10.2 Å². The predicted molar refractivity (Wildman–Crippen MR) is 104 cm³/mol. The van der Waals surface area contributed by atoms with Gasteiger partial charge in [-0.05, 0) is 31.2 Å². The van der Waals surface area contributed by atoms with Gasteiger partial charge in [-0.3, -0.25) is 4.79 Å². The van der Waals surface area contributed by atoms with Gasteiger partial charge in [0.1, 0.15) is 40.1 Å². The molecule has 0 aliphatic rings. The van der Waals surface area contributed by atoms with Crippen molar-refractivity contribution in [2.75, 3.05) is 11.1 Å². The second-order valence-electron chi connectivity index (χ2n) is 5.59. The van der Waals surface area contributed by atoms with E-state index in [1.54, 1.807) is 43.5 Å². The number of anilines is 2. The maximum atomic E-state index is 12.5. The molecule has 0 spiro atoms. The van der Waals surface area contributed by atoms with Gasteiger partial charge in [0, 0.05) is 6.20 Å². The van der Waals surface area contributed by atoms with Crippen molar-refractivity contribution in [2.45, 2.75) is 17.2 Å². The van der Waals surface area contributed by atoms with Gasteiger partial charge in [0.15, 0.2) is 0 Å². The molecular formula is C19H14N6O2S. The van der Waals surface area contributed by atoms with Crippen molar-refractivity contribution < 1.29 is 9.21 Å². The third-order valence-corrected chi connectivity index (χ3v) is 4.84. The zero-order chi connectivity index (χ0) is 20.1. The number of hydrogen-bond donors (Lipinski definition) is 2. The number of aromatic nitrogens is 2. The Kier molecular flexibility index (Phi) is 5.58. The minimum absolute atomic E-state index is 0.0345. The van der Waals surface area contributed by atoms with Gasteiger partial charge in [-0.2, -0.15) is 10.5 Å². The SMILES string of the molecule is CC(Sc1nc(N)c(C#N)c(-c2ccco2)c1C#N)C(=O)Nc1ccccn1. The number of hydrogen-bond acceptors (Lipinski definition) is 8. The standard InChI is InChI=1S/C19H14N6O2S/c1-11(18(26)24-15-6-2-3-7-23-15)28-19-13(10-21)16(14-5-4-8-27-14)12(9-20)17(22)25-19/h2-8,11H,1H3,(H2,22,25)(H,23,24,26). The largest absolute Gasteiger partial charge is 0.464 e. The van der Waals surface area contributed by atoms with Crippen molar-refractivity contribution in [3.8, 4) is 23.5 Å². The maximum Gasteiger partial charge on any atom is 0.238 e. The molecule has 28 heavy (non-hydrogen) atoms. The summed E-state index contributed by atoms with van der Waals surface area (Å²) in [6, 6.07) is 12.5. The zero-order valence-corrected chi connectivity index (χ0v) is 15.5. The highest BCUT2D eigenvalue weighted by molar-refractivity contribution is 8.00. The number of furan rings is 1. The minimum Gasteiger partial charge on any atom is -0.464 e. The molecule has 3 N–H and O–H groups in total. The average molecular weight is 390 g/mol. The number of thioether (sulfide) groups is 1. The van der Waals surface area contributed by atoms with E-state index in [-0.39, 0.29) is 33.4 Å². The van der Waals surface area contributed by atoms with Gasteiger partial charge in [-0.25, -0.2) is 9.97 Å². The number of nitrogens with zero attached hydrogens (tertiary/aromatic N) is 4. The molecule has 0 aliphatic heterocycles. The van der Waals surface area contributed by atoms with Crippen molar-refractivity contribution in [2.24, 2.45) is 0 Å². The van der Waals surface area contributed by atoms with Gasteiger partial charge in [-0.15, -0.1) is 0 Å². The van der Waals surface area contributed by atoms with E-state index in [2.05, 4.69) is 21.4 Å². The van der Waals surface area contributed by atoms with Crippen molar-refractivity contribution in [1.82, 2.24) is 9.97 Å². The Morgan fingerprint density at radius 1 is 1.25 bits per heavy atom. The monoisotopic (exact) mass is 390 g/mol. The van der Waals surface area contributed by atoms with Gasteiger partial charge in [0.25, 0.3) is 0 Å². The summed E-state index contributed by atoms with van der Waals surface area (Å²) in [5.74, 6) is 0.406. The molecule has 1 amide bonds. The summed E-state index contributed by atoms with van der Waals surface area (Å²) < 4.78 is 5.36. The Balaban J connectivity index is 1.95. The predicted octanol–water partition coefficient (Wildman–Crippen LogP) is 3.18. The summed E-state index contributed by atoms with van der Waals surface area (Å²) in [5.41, 5.74) is 6.38. The van der Waals surface area contributed by atoms with Crippen LogP contribution in [0.15, 0.2) is 52.2 Å². The molecule has 0 aromatic carbocycles. The quantitative estimate of drug-likeness (QED) is 0.633. The van der Waals surface area contributed by atoms with Crippen LogP contribution in [-0.2, 0) is 4.79 Å². The number of pyridine rings is 2. The first-order valence-corrected chi connectivity index (χ1v) is 8.99. The number of carbonyl (C=O) groups excluding carboxylic acids is 1. The fourth-order valence-corrected chi connectivity index (χ4v) is 3.35. The van der Waals surface area contributed by atoms with Gasteiger partial charge >= 0.3 is 0 Å². The number of amides is 1. The summed E-state index contributed by atoms with van der Waals surface area (Å²) in [6.45, 7) is 1.67. The number of nitriles is 2. The molecule has 0 radical (unpaired) electrons. The van der Waals surface area contributed by atoms with E-state index >= 15 is 0 Å². The Labute approximate surface area is 165 Å². The number of nitrogens with one attached hydrogen (secondary N) is 1. The van der Waals surface area contributed by atoms with Crippen LogP contribution in [0.3, 0.4) is 0 Å². The molecule has 0 saturated carbocycles. The van der Waals surface area contributed by atoms with E-state index in [1.807, 2.05) is 6.07 Å². The van der Waals surface area contributed by atoms with Crippen LogP contribution in [0.2, 0.25) is 0 Å². The summed E-state index contributed by atoms with van der Waals surface area (Å²) >= 11 is 1.06. The lowest BCUT2D eigenvalue weighted by Crippen LogP contribution is -2.23. The van der Waals surface area contributed by atoms with E-state index in [9.17, 15) is 15.3 Å². The molecule has 3 rings (SSSR count). The van der Waals surface area contributed by atoms with Gasteiger partial charge in [-0.1, -0.05) is 17.8 Å². The van der Waals surface area contributed by atoms with Gasteiger partial charge in [0.2, 0.25) is 5.91 Å². The van der Waals surface area contributed by atoms with Crippen molar-refractivity contribution in [1.29, 1.82) is 10.5 Å². The number of nitrogens with two attached hydrogens (primary N) is 1. The first kappa shape index (κ1) is 19.0. The molecule has 1 unspecified atom stereocenters. The molecule has 9 heteroatoms. The molecule has 0 fully saturated rings. The number of nitrogen functional groups attached to an aromatic ring is 1. The fraction of sp³-hybridized carbons (Fsp3) is 0.105. The smallest absolute Gasteiger partial charge is 0.238 e. The van der Waals surface area contributed by atoms with Crippen LogP contribution in [0, 0.1) is 22.7 Å². The Hall–Kier alpha value is -3.82. The second kappa shape index (κ2) is 8.25. The lowest BCUT2D eigenvalue weighted by atomic mass is 10.0. The molecule has 3 aromatic heterocycles. The summed E-state index contributed by atoms with van der Waals surface area (Å²) in [7, 11) is 0. The summed E-state index contributed by atoms with van der Waals surface area (Å²) in [6.07, 6.45) is 3.00. The van der Waals surface area contributed by atoms with Crippen molar-refractivity contribution in [3.05, 3.63) is 53.9 Å². The third-order valence-electron chi connectivity index (χ3n) is 3.76. The van der Waals surface area contributed by atoms with Crippen LogP contribution >= 0.6 is 11.8 Å². The summed E-state index contributed by atoms with van der Waals surface area (Å²) in [4.78, 5) is 20.7. The van der Waals surface area contributed by atoms with Gasteiger partial charge in [0.05, 0.1) is 22.6 Å². The van der Waals surface area contributed by atoms with Gasteiger partial charge < -0.3 is 15.5 Å². The van der Waals surface area contributed by atoms with Crippen LogP contribution in [0.25, 0.3) is 11.3 Å². The van der Waals surface area contributed by atoms with E-state index in [0.717, 1.165) is 11.8 Å². The van der Waals surface area contributed by atoms with Crippen LogP contribution in [0.4, 0.5) is 11.6 Å². The van der Waals surface area contributed by atoms with Crippen molar-refractivity contribution in [3.63, 3.8) is 0 Å². The first-order valence-electron chi connectivity index (χ1n) is 8.11. The molecule has 138 valence electrons. The second-order valence-corrected chi connectivity index (χ2v) is 6.92. The van der Waals surface area contributed by atoms with Crippen LogP contribution in [0.5, 0.6) is 0 Å². The number of rotatable bonds is 5. The zero-order valence-electron chi connectivity index (χ0n) is 14.7. The van der Waals surface area contributed by atoms with Crippen LogP contribution in [0.1, 0.15) is 18.1 Å². The molecule has 0 bridgehead atoms. The molecule has 0 aliphatic carbocycles. The minimum atomic E-state index is -0.599.